The molecule has 0 spiro atoms. The number of aromatic hydroxyl groups is 1. The molecule has 0 radical (unpaired) electrons. The molecular formula is C20H16Cl2F2N4O7S. The lowest BCUT2D eigenvalue weighted by Gasteiger charge is -2.15. The number of benzene rings is 2. The Morgan fingerprint density at radius 2 is 1.83 bits per heavy atom. The lowest BCUT2D eigenvalue weighted by atomic mass is 10.3. The van der Waals surface area contributed by atoms with E-state index in [-0.39, 0.29) is 33.8 Å². The van der Waals surface area contributed by atoms with Gasteiger partial charge in [-0.3, -0.25) is 9.78 Å². The summed E-state index contributed by atoms with van der Waals surface area (Å²) in [7, 11) is -4.22. The summed E-state index contributed by atoms with van der Waals surface area (Å²) in [5.74, 6) is -0.874. The minimum atomic E-state index is -4.22. The van der Waals surface area contributed by atoms with Gasteiger partial charge in [0.05, 0.1) is 21.3 Å². The molecule has 0 bridgehead atoms. The molecule has 1 aliphatic rings. The molecule has 1 aliphatic carbocycles. The van der Waals surface area contributed by atoms with E-state index in [9.17, 15) is 37.0 Å². The third-order valence-electron chi connectivity index (χ3n) is 5.15. The Hall–Kier alpha value is -3.04. The molecule has 11 nitrogen and oxygen atoms in total. The maximum Gasteiger partial charge on any atom is 0.349 e. The zero-order chi connectivity index (χ0) is 26.4. The average Bonchev–Trinajstić information content (AvgIpc) is 3.53. The second-order valence-electron chi connectivity index (χ2n) is 7.88. The highest BCUT2D eigenvalue weighted by atomic mass is 35.5. The first-order valence-corrected chi connectivity index (χ1v) is 12.3. The third-order valence-corrected chi connectivity index (χ3v) is 7.14. The maximum absolute atomic E-state index is 13.0. The van der Waals surface area contributed by atoms with Gasteiger partial charge in [-0.25, -0.2) is 26.7 Å². The Balaban J connectivity index is 1.65. The number of aromatic nitrogens is 3. The number of nitrogens with one attached hydrogen (secondary N) is 2. The minimum absolute atomic E-state index is 0.103. The fourth-order valence-corrected chi connectivity index (χ4v) is 4.80. The largest absolute Gasteiger partial charge is 0.507 e. The number of phenolic OH excluding ortho intramolecular Hbond substituents is 1. The van der Waals surface area contributed by atoms with E-state index < -0.39 is 49.6 Å². The van der Waals surface area contributed by atoms with E-state index in [1.54, 1.807) is 4.98 Å². The number of rotatable bonds is 8. The van der Waals surface area contributed by atoms with E-state index >= 15 is 0 Å². The number of phenols is 1. The second kappa shape index (κ2) is 9.44. The molecule has 1 heterocycles. The van der Waals surface area contributed by atoms with Crippen molar-refractivity contribution in [1.82, 2.24) is 19.5 Å². The van der Waals surface area contributed by atoms with Gasteiger partial charge < -0.3 is 14.9 Å². The first-order valence-electron chi connectivity index (χ1n) is 10.0. The van der Waals surface area contributed by atoms with Gasteiger partial charge in [-0.15, -0.1) is 0 Å². The Labute approximate surface area is 210 Å². The minimum Gasteiger partial charge on any atom is -0.507 e. The molecule has 0 unspecified atom stereocenters. The van der Waals surface area contributed by atoms with Crippen molar-refractivity contribution in [2.75, 3.05) is 6.54 Å². The molecule has 1 fully saturated rings. The SMILES string of the molecule is O=c1[nH]c(=O)n(-c2cc(Cl)c(Oc3ccc(O)c(S(=O)(=O)NCC4(O)CC4)c3)c(Cl)c2)nc1C(F)F. The first kappa shape index (κ1) is 26.0. The number of alkyl halides is 2. The fraction of sp³-hybridized carbons (Fsp3) is 0.250. The lowest BCUT2D eigenvalue weighted by molar-refractivity contribution is 0.141. The van der Waals surface area contributed by atoms with Gasteiger partial charge in [0.15, 0.2) is 11.4 Å². The van der Waals surface area contributed by atoms with Crippen LogP contribution in [0.1, 0.15) is 25.0 Å². The molecule has 4 rings (SSSR count). The van der Waals surface area contributed by atoms with E-state index in [4.69, 9.17) is 27.9 Å². The zero-order valence-electron chi connectivity index (χ0n) is 17.8. The smallest absolute Gasteiger partial charge is 0.349 e. The van der Waals surface area contributed by atoms with E-state index in [0.717, 1.165) is 24.3 Å². The van der Waals surface area contributed by atoms with Gasteiger partial charge >= 0.3 is 5.69 Å². The Bertz CT molecular complexity index is 1550. The number of hydrogen-bond acceptors (Lipinski definition) is 8. The topological polar surface area (TPSA) is 164 Å². The van der Waals surface area contributed by atoms with Gasteiger partial charge in [-0.05, 0) is 37.1 Å². The van der Waals surface area contributed by atoms with Crippen LogP contribution in [-0.2, 0) is 10.0 Å². The average molecular weight is 565 g/mol. The molecule has 0 amide bonds. The molecule has 36 heavy (non-hydrogen) atoms. The van der Waals surface area contributed by atoms with Crippen molar-refractivity contribution in [3.05, 3.63) is 66.9 Å². The normalized spacial score (nSPS) is 14.7. The Morgan fingerprint density at radius 1 is 1.19 bits per heavy atom. The van der Waals surface area contributed by atoms with Crippen molar-refractivity contribution in [2.45, 2.75) is 29.8 Å². The number of nitrogens with zero attached hydrogens (tertiary/aromatic N) is 2. The van der Waals surface area contributed by atoms with Crippen LogP contribution >= 0.6 is 23.2 Å². The van der Waals surface area contributed by atoms with Gasteiger partial charge in [0.1, 0.15) is 16.4 Å². The highest BCUT2D eigenvalue weighted by Crippen LogP contribution is 2.40. The molecule has 4 N–H and O–H groups in total. The molecular weight excluding hydrogens is 549 g/mol. The fourth-order valence-electron chi connectivity index (χ4n) is 3.02. The van der Waals surface area contributed by atoms with Crippen LogP contribution in [0.25, 0.3) is 5.69 Å². The van der Waals surface area contributed by atoms with Crippen molar-refractivity contribution < 1.29 is 32.1 Å². The van der Waals surface area contributed by atoms with Crippen LogP contribution in [0, 0.1) is 0 Å². The van der Waals surface area contributed by atoms with Crippen LogP contribution in [0.3, 0.4) is 0 Å². The summed E-state index contributed by atoms with van der Waals surface area (Å²) in [6.07, 6.45) is -2.36. The first-order chi connectivity index (χ1) is 16.8. The van der Waals surface area contributed by atoms with Gasteiger partial charge in [0.25, 0.3) is 12.0 Å². The van der Waals surface area contributed by atoms with Crippen LogP contribution in [0.4, 0.5) is 8.78 Å². The second-order valence-corrected chi connectivity index (χ2v) is 10.4. The van der Waals surface area contributed by atoms with Crippen LogP contribution in [0.5, 0.6) is 17.2 Å². The molecule has 1 aromatic heterocycles. The number of aromatic amines is 1. The van der Waals surface area contributed by atoms with Crippen LogP contribution in [0.15, 0.2) is 44.8 Å². The number of halogens is 4. The number of H-pyrrole nitrogens is 1. The number of sulfonamides is 1. The van der Waals surface area contributed by atoms with Crippen molar-refractivity contribution in [3.63, 3.8) is 0 Å². The molecule has 0 aliphatic heterocycles. The highest BCUT2D eigenvalue weighted by Gasteiger charge is 2.41. The molecule has 2 aromatic carbocycles. The van der Waals surface area contributed by atoms with Gasteiger partial charge in [0, 0.05) is 12.6 Å². The van der Waals surface area contributed by atoms with Crippen LogP contribution in [-0.4, -0.2) is 45.5 Å². The molecule has 0 saturated heterocycles. The summed E-state index contributed by atoms with van der Waals surface area (Å²) in [4.78, 5) is 24.8. The lowest BCUT2D eigenvalue weighted by Crippen LogP contribution is -2.34. The van der Waals surface area contributed by atoms with Gasteiger partial charge in [0.2, 0.25) is 10.0 Å². The third kappa shape index (κ3) is 5.37. The summed E-state index contributed by atoms with van der Waals surface area (Å²) in [5.41, 5.74) is -4.94. The summed E-state index contributed by atoms with van der Waals surface area (Å²) < 4.78 is 59.5. The van der Waals surface area contributed by atoms with Gasteiger partial charge in [-0.2, -0.15) is 9.78 Å². The predicted octanol–water partition coefficient (Wildman–Crippen LogP) is 2.47. The van der Waals surface area contributed by atoms with Crippen molar-refractivity contribution in [2.24, 2.45) is 0 Å². The summed E-state index contributed by atoms with van der Waals surface area (Å²) >= 11 is 12.4. The zero-order valence-corrected chi connectivity index (χ0v) is 20.2. The number of hydrogen-bond donors (Lipinski definition) is 4. The summed E-state index contributed by atoms with van der Waals surface area (Å²) in [6, 6.07) is 5.48. The van der Waals surface area contributed by atoms with E-state index in [1.807, 2.05) is 0 Å². The Morgan fingerprint density at radius 3 is 2.42 bits per heavy atom. The molecule has 3 aromatic rings. The van der Waals surface area contributed by atoms with Crippen LogP contribution < -0.4 is 20.7 Å². The molecule has 0 atom stereocenters. The molecule has 16 heteroatoms. The summed E-state index contributed by atoms with van der Waals surface area (Å²) in [6.45, 7) is -0.232. The maximum atomic E-state index is 13.0. The summed E-state index contributed by atoms with van der Waals surface area (Å²) in [5, 5.41) is 22.8. The highest BCUT2D eigenvalue weighted by molar-refractivity contribution is 7.89. The van der Waals surface area contributed by atoms with Crippen LogP contribution in [0.2, 0.25) is 10.0 Å². The van der Waals surface area contributed by atoms with Gasteiger partial charge in [-0.1, -0.05) is 23.2 Å². The van der Waals surface area contributed by atoms with Crippen molar-refractivity contribution in [3.8, 4) is 22.9 Å². The predicted molar refractivity (Wildman–Crippen MR) is 123 cm³/mol. The molecule has 1 saturated carbocycles. The van der Waals surface area contributed by atoms with Crippen molar-refractivity contribution in [1.29, 1.82) is 0 Å². The van der Waals surface area contributed by atoms with E-state index in [0.29, 0.717) is 17.5 Å². The standard InChI is InChI=1S/C20H16Cl2F2N4O7S/c21-11-5-9(28-19(31)26-18(30)15(27-28)17(23)24)6-12(22)16(11)35-10-1-2-13(29)14(7-10)36(33,34)25-8-20(32)3-4-20/h1-2,5-7,17,25,29,32H,3-4,8H2,(H,26,30,31). The number of aliphatic hydroxyl groups is 1. The quantitative estimate of drug-likeness (QED) is 0.324. The Kier molecular flexibility index (Phi) is 6.83. The van der Waals surface area contributed by atoms with Crippen molar-refractivity contribution >= 4 is 33.2 Å². The van der Waals surface area contributed by atoms with E-state index in [2.05, 4.69) is 9.82 Å². The molecule has 192 valence electrons. The number of ether oxygens (including phenoxy) is 1. The monoisotopic (exact) mass is 564 g/mol. The van der Waals surface area contributed by atoms with E-state index in [1.165, 1.54) is 6.07 Å².